The van der Waals surface area contributed by atoms with Crippen molar-refractivity contribution in [3.8, 4) is 0 Å². The minimum atomic E-state index is -0.921. The largest absolute Gasteiger partial charge is 0.481 e. The molecule has 2 rings (SSSR count). The fourth-order valence-electron chi connectivity index (χ4n) is 3.76. The number of methoxy groups -OCH3 is 1. The molecule has 1 N–H and O–H groups in total. The summed E-state index contributed by atoms with van der Waals surface area (Å²) in [5.74, 6) is -0.0390. The minimum Gasteiger partial charge on any atom is -0.481 e. The van der Waals surface area contributed by atoms with Gasteiger partial charge in [-0.05, 0) is 25.2 Å². The van der Waals surface area contributed by atoms with Crippen molar-refractivity contribution in [2.45, 2.75) is 51.4 Å². The van der Waals surface area contributed by atoms with E-state index >= 15 is 0 Å². The lowest BCUT2D eigenvalue weighted by atomic mass is 9.80. The van der Waals surface area contributed by atoms with Crippen LogP contribution in [0.25, 0.3) is 0 Å². The summed E-state index contributed by atoms with van der Waals surface area (Å²) in [6.07, 6.45) is 7.92. The van der Waals surface area contributed by atoms with Crippen molar-refractivity contribution in [2.75, 3.05) is 26.8 Å². The fraction of sp³-hybridized carbons (Fsp3) is 0.875. The van der Waals surface area contributed by atoms with Gasteiger partial charge in [0.25, 0.3) is 0 Å². The molecule has 0 aromatic rings. The number of piperidine rings is 1. The second-order valence-corrected chi connectivity index (χ2v) is 6.63. The molecule has 1 atom stereocenters. The molecule has 1 unspecified atom stereocenters. The van der Waals surface area contributed by atoms with Crippen molar-refractivity contribution in [1.29, 1.82) is 0 Å². The normalized spacial score (nSPS) is 27.0. The SMILES string of the molecule is COCC1(C(=O)O)CCCN(C(=O)CCC2CCCC2)C1. The zero-order valence-electron chi connectivity index (χ0n) is 13.0. The molecule has 0 aromatic heterocycles. The van der Waals surface area contributed by atoms with Crippen LogP contribution in [-0.2, 0) is 14.3 Å². The van der Waals surface area contributed by atoms with E-state index in [2.05, 4.69) is 0 Å². The summed E-state index contributed by atoms with van der Waals surface area (Å²) in [5.41, 5.74) is -0.921. The summed E-state index contributed by atoms with van der Waals surface area (Å²) in [6, 6.07) is 0. The lowest BCUT2D eigenvalue weighted by molar-refractivity contribution is -0.159. The number of carboxylic acid groups (broad SMARTS) is 1. The molecule has 1 heterocycles. The third-order valence-electron chi connectivity index (χ3n) is 5.05. The smallest absolute Gasteiger partial charge is 0.313 e. The predicted molar refractivity (Wildman–Crippen MR) is 79.0 cm³/mol. The Labute approximate surface area is 126 Å². The summed E-state index contributed by atoms with van der Waals surface area (Å²) in [5, 5.41) is 9.50. The molecule has 0 spiro atoms. The maximum absolute atomic E-state index is 12.4. The molecule has 5 heteroatoms. The standard InChI is InChI=1S/C16H27NO4/c1-21-12-16(15(19)20)9-4-10-17(11-16)14(18)8-7-13-5-2-3-6-13/h13H,2-12H2,1H3,(H,19,20). The number of rotatable bonds is 6. The lowest BCUT2D eigenvalue weighted by Crippen LogP contribution is -2.52. The van der Waals surface area contributed by atoms with Crippen molar-refractivity contribution in [3.63, 3.8) is 0 Å². The molecular formula is C16H27NO4. The van der Waals surface area contributed by atoms with Crippen LogP contribution in [0, 0.1) is 11.3 Å². The van der Waals surface area contributed by atoms with E-state index in [9.17, 15) is 14.7 Å². The predicted octanol–water partition coefficient (Wildman–Crippen LogP) is 2.30. The van der Waals surface area contributed by atoms with Gasteiger partial charge in [-0.1, -0.05) is 25.7 Å². The van der Waals surface area contributed by atoms with Crippen molar-refractivity contribution < 1.29 is 19.4 Å². The first-order chi connectivity index (χ1) is 10.1. The number of nitrogens with zero attached hydrogens (tertiary/aromatic N) is 1. The summed E-state index contributed by atoms with van der Waals surface area (Å²) < 4.78 is 5.10. The monoisotopic (exact) mass is 297 g/mol. The van der Waals surface area contributed by atoms with Crippen LogP contribution >= 0.6 is 0 Å². The molecule has 120 valence electrons. The van der Waals surface area contributed by atoms with Gasteiger partial charge in [0, 0.05) is 26.6 Å². The van der Waals surface area contributed by atoms with Crippen LogP contribution in [0.5, 0.6) is 0 Å². The summed E-state index contributed by atoms with van der Waals surface area (Å²) >= 11 is 0. The molecule has 2 fully saturated rings. The molecule has 21 heavy (non-hydrogen) atoms. The summed E-state index contributed by atoms with van der Waals surface area (Å²) in [4.78, 5) is 25.7. The van der Waals surface area contributed by atoms with Crippen LogP contribution in [-0.4, -0.2) is 48.7 Å². The average molecular weight is 297 g/mol. The van der Waals surface area contributed by atoms with Crippen LogP contribution in [0.15, 0.2) is 0 Å². The van der Waals surface area contributed by atoms with E-state index in [1.807, 2.05) is 0 Å². The molecule has 5 nitrogen and oxygen atoms in total. The second-order valence-electron chi connectivity index (χ2n) is 6.63. The van der Waals surface area contributed by atoms with Gasteiger partial charge in [0.05, 0.1) is 6.61 Å². The highest BCUT2D eigenvalue weighted by Gasteiger charge is 2.43. The van der Waals surface area contributed by atoms with E-state index in [-0.39, 0.29) is 12.5 Å². The molecule has 0 aromatic carbocycles. The molecular weight excluding hydrogens is 270 g/mol. The van der Waals surface area contributed by atoms with Crippen LogP contribution < -0.4 is 0 Å². The molecule has 1 saturated carbocycles. The van der Waals surface area contributed by atoms with E-state index < -0.39 is 11.4 Å². The van der Waals surface area contributed by atoms with Gasteiger partial charge in [0.15, 0.2) is 0 Å². The number of hydrogen-bond donors (Lipinski definition) is 1. The van der Waals surface area contributed by atoms with Crippen molar-refractivity contribution in [3.05, 3.63) is 0 Å². The third kappa shape index (κ3) is 3.96. The Balaban J connectivity index is 1.89. The summed E-state index contributed by atoms with van der Waals surface area (Å²) in [7, 11) is 1.52. The van der Waals surface area contributed by atoms with Gasteiger partial charge in [-0.2, -0.15) is 0 Å². The minimum absolute atomic E-state index is 0.114. The van der Waals surface area contributed by atoms with Crippen molar-refractivity contribution >= 4 is 11.9 Å². The van der Waals surface area contributed by atoms with Crippen molar-refractivity contribution in [2.24, 2.45) is 11.3 Å². The topological polar surface area (TPSA) is 66.8 Å². The number of hydrogen-bond acceptors (Lipinski definition) is 3. The Morgan fingerprint density at radius 1 is 1.29 bits per heavy atom. The number of carbonyl (C=O) groups is 2. The number of likely N-dealkylation sites (tertiary alicyclic amines) is 1. The maximum atomic E-state index is 12.4. The molecule has 1 aliphatic heterocycles. The van der Waals surface area contributed by atoms with Gasteiger partial charge < -0.3 is 14.7 Å². The third-order valence-corrected chi connectivity index (χ3v) is 5.05. The maximum Gasteiger partial charge on any atom is 0.313 e. The van der Waals surface area contributed by atoms with E-state index in [1.165, 1.54) is 32.8 Å². The molecule has 1 saturated heterocycles. The zero-order valence-corrected chi connectivity index (χ0v) is 13.0. The van der Waals surface area contributed by atoms with Gasteiger partial charge in [0.2, 0.25) is 5.91 Å². The fourth-order valence-corrected chi connectivity index (χ4v) is 3.76. The van der Waals surface area contributed by atoms with Crippen molar-refractivity contribution in [1.82, 2.24) is 4.90 Å². The number of carboxylic acids is 1. The molecule has 2 aliphatic rings. The number of carbonyl (C=O) groups excluding carboxylic acids is 1. The van der Waals surface area contributed by atoms with Gasteiger partial charge >= 0.3 is 5.97 Å². The Kier molecular flexibility index (Phi) is 5.62. The highest BCUT2D eigenvalue weighted by molar-refractivity contribution is 5.79. The quantitative estimate of drug-likeness (QED) is 0.817. The van der Waals surface area contributed by atoms with Crippen LogP contribution in [0.4, 0.5) is 0 Å². The van der Waals surface area contributed by atoms with Crippen LogP contribution in [0.2, 0.25) is 0 Å². The first-order valence-electron chi connectivity index (χ1n) is 8.07. The van der Waals surface area contributed by atoms with Gasteiger partial charge in [0.1, 0.15) is 5.41 Å². The Hall–Kier alpha value is -1.10. The number of aliphatic carboxylic acids is 1. The van der Waals surface area contributed by atoms with Crippen LogP contribution in [0.3, 0.4) is 0 Å². The van der Waals surface area contributed by atoms with Crippen LogP contribution in [0.1, 0.15) is 51.4 Å². The molecule has 0 bridgehead atoms. The van der Waals surface area contributed by atoms with E-state index in [0.717, 1.165) is 12.8 Å². The van der Waals surface area contributed by atoms with Gasteiger partial charge in [-0.25, -0.2) is 0 Å². The Morgan fingerprint density at radius 3 is 2.62 bits per heavy atom. The zero-order chi connectivity index (χ0) is 15.3. The highest BCUT2D eigenvalue weighted by atomic mass is 16.5. The van der Waals surface area contributed by atoms with E-state index in [4.69, 9.17) is 4.74 Å². The molecule has 0 radical (unpaired) electrons. The first-order valence-corrected chi connectivity index (χ1v) is 8.07. The molecule has 1 amide bonds. The second kappa shape index (κ2) is 7.25. The Morgan fingerprint density at radius 2 is 2.00 bits per heavy atom. The van der Waals surface area contributed by atoms with E-state index in [0.29, 0.717) is 31.8 Å². The van der Waals surface area contributed by atoms with Gasteiger partial charge in [-0.15, -0.1) is 0 Å². The highest BCUT2D eigenvalue weighted by Crippen LogP contribution is 2.32. The lowest BCUT2D eigenvalue weighted by Gasteiger charge is -2.39. The van der Waals surface area contributed by atoms with E-state index in [1.54, 1.807) is 4.90 Å². The summed E-state index contributed by atoms with van der Waals surface area (Å²) in [6.45, 7) is 1.15. The average Bonchev–Trinajstić information content (AvgIpc) is 2.98. The Bertz CT molecular complexity index is 374. The number of amides is 1. The first kappa shape index (κ1) is 16.3. The number of ether oxygens (including phenoxy) is 1. The molecule has 1 aliphatic carbocycles. The van der Waals surface area contributed by atoms with Gasteiger partial charge in [-0.3, -0.25) is 9.59 Å².